The highest BCUT2D eigenvalue weighted by molar-refractivity contribution is 9.10. The molecule has 102 valence electrons. The van der Waals surface area contributed by atoms with Gasteiger partial charge in [-0.05, 0) is 30.5 Å². The molecule has 0 bridgehead atoms. The maximum Gasteiger partial charge on any atom is 0.319 e. The van der Waals surface area contributed by atoms with Gasteiger partial charge >= 0.3 is 5.97 Å². The number of rotatable bonds is 4. The Balaban J connectivity index is 2.11. The van der Waals surface area contributed by atoms with E-state index in [-0.39, 0.29) is 5.91 Å². The van der Waals surface area contributed by atoms with Crippen LogP contribution in [-0.4, -0.2) is 28.9 Å². The van der Waals surface area contributed by atoms with Crippen molar-refractivity contribution in [1.82, 2.24) is 4.90 Å². The molecular formula is C13H13BrClNO3. The van der Waals surface area contributed by atoms with Gasteiger partial charge in [0.1, 0.15) is 5.41 Å². The molecule has 0 spiro atoms. The van der Waals surface area contributed by atoms with E-state index in [0.717, 1.165) is 10.0 Å². The number of hydrogen-bond acceptors (Lipinski definition) is 2. The van der Waals surface area contributed by atoms with Gasteiger partial charge in [-0.2, -0.15) is 0 Å². The third-order valence-electron chi connectivity index (χ3n) is 3.34. The molecule has 0 unspecified atom stereocenters. The first-order valence-electron chi connectivity index (χ1n) is 5.80. The lowest BCUT2D eigenvalue weighted by Crippen LogP contribution is -2.38. The van der Waals surface area contributed by atoms with Crippen LogP contribution in [0.4, 0.5) is 0 Å². The molecule has 1 amide bonds. The number of carboxylic acids is 1. The van der Waals surface area contributed by atoms with Crippen molar-refractivity contribution in [3.63, 3.8) is 0 Å². The van der Waals surface area contributed by atoms with Gasteiger partial charge in [0.2, 0.25) is 5.91 Å². The molecule has 0 atom stereocenters. The summed E-state index contributed by atoms with van der Waals surface area (Å²) in [6, 6.07) is 5.40. The van der Waals surface area contributed by atoms with Gasteiger partial charge in [0.05, 0.1) is 0 Å². The van der Waals surface area contributed by atoms with Crippen LogP contribution in [0, 0.1) is 5.41 Å². The molecule has 1 aliphatic carbocycles. The molecule has 1 aliphatic rings. The lowest BCUT2D eigenvalue weighted by Gasteiger charge is -2.21. The molecule has 1 aromatic rings. The van der Waals surface area contributed by atoms with E-state index in [0.29, 0.717) is 24.4 Å². The second-order valence-corrected chi connectivity index (χ2v) is 6.11. The number of carboxylic acid groups (broad SMARTS) is 1. The van der Waals surface area contributed by atoms with Crippen LogP contribution in [-0.2, 0) is 16.1 Å². The predicted octanol–water partition coefficient (Wildman–Crippen LogP) is 2.93. The van der Waals surface area contributed by atoms with Gasteiger partial charge in [0.15, 0.2) is 0 Å². The van der Waals surface area contributed by atoms with E-state index >= 15 is 0 Å². The molecule has 0 radical (unpaired) electrons. The van der Waals surface area contributed by atoms with Gasteiger partial charge in [0, 0.05) is 23.1 Å². The molecule has 2 rings (SSSR count). The van der Waals surface area contributed by atoms with Gasteiger partial charge in [-0.25, -0.2) is 0 Å². The average Bonchev–Trinajstić information content (AvgIpc) is 3.13. The zero-order valence-corrected chi connectivity index (χ0v) is 12.7. The normalized spacial score (nSPS) is 15.9. The second kappa shape index (κ2) is 5.13. The van der Waals surface area contributed by atoms with Gasteiger partial charge in [-0.1, -0.05) is 33.6 Å². The Morgan fingerprint density at radius 2 is 2.11 bits per heavy atom. The van der Waals surface area contributed by atoms with Crippen LogP contribution in [0.25, 0.3) is 0 Å². The summed E-state index contributed by atoms with van der Waals surface area (Å²) in [4.78, 5) is 24.7. The maximum absolute atomic E-state index is 12.1. The van der Waals surface area contributed by atoms with Crippen molar-refractivity contribution in [1.29, 1.82) is 0 Å². The third kappa shape index (κ3) is 2.77. The van der Waals surface area contributed by atoms with Crippen LogP contribution in [0.2, 0.25) is 5.02 Å². The van der Waals surface area contributed by atoms with E-state index in [1.165, 1.54) is 4.90 Å². The SMILES string of the molecule is CN(Cc1ccc(Br)cc1Cl)C(=O)C1(C(=O)O)CC1. The number of halogens is 2. The summed E-state index contributed by atoms with van der Waals surface area (Å²) in [6.07, 6.45) is 0.832. The Kier molecular flexibility index (Phi) is 3.87. The monoisotopic (exact) mass is 345 g/mol. The Morgan fingerprint density at radius 3 is 2.58 bits per heavy atom. The van der Waals surface area contributed by atoms with Crippen LogP contribution in [0.3, 0.4) is 0 Å². The summed E-state index contributed by atoms with van der Waals surface area (Å²) in [5.41, 5.74) is -0.404. The fraction of sp³-hybridized carbons (Fsp3) is 0.385. The lowest BCUT2D eigenvalue weighted by molar-refractivity contribution is -0.153. The Hall–Kier alpha value is -1.07. The van der Waals surface area contributed by atoms with Crippen LogP contribution >= 0.6 is 27.5 Å². The lowest BCUT2D eigenvalue weighted by atomic mass is 10.1. The number of aliphatic carboxylic acids is 1. The van der Waals surface area contributed by atoms with E-state index in [4.69, 9.17) is 16.7 Å². The molecule has 1 N–H and O–H groups in total. The quantitative estimate of drug-likeness (QED) is 0.853. The third-order valence-corrected chi connectivity index (χ3v) is 4.18. The number of nitrogens with zero attached hydrogens (tertiary/aromatic N) is 1. The number of hydrogen-bond donors (Lipinski definition) is 1. The number of carbonyl (C=O) groups is 2. The molecule has 1 fully saturated rings. The molecule has 1 aromatic carbocycles. The van der Waals surface area contributed by atoms with E-state index in [1.807, 2.05) is 12.1 Å². The number of carbonyl (C=O) groups excluding carboxylic acids is 1. The van der Waals surface area contributed by atoms with E-state index in [1.54, 1.807) is 13.1 Å². The smallest absolute Gasteiger partial charge is 0.319 e. The fourth-order valence-corrected chi connectivity index (χ4v) is 2.72. The molecule has 0 aliphatic heterocycles. The van der Waals surface area contributed by atoms with Crippen molar-refractivity contribution in [3.05, 3.63) is 33.3 Å². The minimum absolute atomic E-state index is 0.306. The van der Waals surface area contributed by atoms with Gasteiger partial charge < -0.3 is 10.0 Å². The summed E-state index contributed by atoms with van der Waals surface area (Å²) in [7, 11) is 1.60. The zero-order valence-electron chi connectivity index (χ0n) is 10.3. The van der Waals surface area contributed by atoms with E-state index in [9.17, 15) is 9.59 Å². The first kappa shape index (κ1) is 14.3. The Labute approximate surface area is 124 Å². The van der Waals surface area contributed by atoms with E-state index in [2.05, 4.69) is 15.9 Å². The predicted molar refractivity (Wildman–Crippen MR) is 74.9 cm³/mol. The van der Waals surface area contributed by atoms with Crippen molar-refractivity contribution in [2.45, 2.75) is 19.4 Å². The minimum Gasteiger partial charge on any atom is -0.480 e. The van der Waals surface area contributed by atoms with Crippen LogP contribution in [0.5, 0.6) is 0 Å². The molecule has 0 heterocycles. The van der Waals surface area contributed by atoms with Crippen LogP contribution in [0.15, 0.2) is 22.7 Å². The van der Waals surface area contributed by atoms with Crippen molar-refractivity contribution in [3.8, 4) is 0 Å². The molecule has 0 saturated heterocycles. The summed E-state index contributed by atoms with van der Waals surface area (Å²) < 4.78 is 0.861. The number of amides is 1. The van der Waals surface area contributed by atoms with Crippen molar-refractivity contribution in [2.24, 2.45) is 5.41 Å². The van der Waals surface area contributed by atoms with Gasteiger partial charge in [0.25, 0.3) is 0 Å². The van der Waals surface area contributed by atoms with Crippen molar-refractivity contribution >= 4 is 39.4 Å². The standard InChI is InChI=1S/C13H13BrClNO3/c1-16(11(17)13(4-5-13)12(18)19)7-8-2-3-9(14)6-10(8)15/h2-3,6H,4-5,7H2,1H3,(H,18,19). The molecule has 4 nitrogen and oxygen atoms in total. The fourth-order valence-electron chi connectivity index (χ4n) is 1.99. The molecule has 1 saturated carbocycles. The van der Waals surface area contributed by atoms with Gasteiger partial charge in [-0.15, -0.1) is 0 Å². The highest BCUT2D eigenvalue weighted by Gasteiger charge is 2.58. The van der Waals surface area contributed by atoms with Crippen molar-refractivity contribution in [2.75, 3.05) is 7.05 Å². The molecule has 0 aromatic heterocycles. The second-order valence-electron chi connectivity index (χ2n) is 4.78. The van der Waals surface area contributed by atoms with Crippen molar-refractivity contribution < 1.29 is 14.7 Å². The van der Waals surface area contributed by atoms with Gasteiger partial charge in [-0.3, -0.25) is 9.59 Å². The highest BCUT2D eigenvalue weighted by atomic mass is 79.9. The topological polar surface area (TPSA) is 57.6 Å². The first-order chi connectivity index (χ1) is 8.86. The first-order valence-corrected chi connectivity index (χ1v) is 6.97. The molecule has 6 heteroatoms. The minimum atomic E-state index is -1.20. The Bertz CT molecular complexity index is 543. The maximum atomic E-state index is 12.1. The summed E-state index contributed by atoms with van der Waals surface area (Å²) in [5.74, 6) is -1.38. The largest absolute Gasteiger partial charge is 0.480 e. The highest BCUT2D eigenvalue weighted by Crippen LogP contribution is 2.47. The summed E-state index contributed by atoms with van der Waals surface area (Å²) >= 11 is 9.40. The zero-order chi connectivity index (χ0) is 14.2. The number of benzene rings is 1. The average molecular weight is 347 g/mol. The van der Waals surface area contributed by atoms with Crippen LogP contribution in [0.1, 0.15) is 18.4 Å². The van der Waals surface area contributed by atoms with E-state index < -0.39 is 11.4 Å². The molecular weight excluding hydrogens is 334 g/mol. The summed E-state index contributed by atoms with van der Waals surface area (Å²) in [5, 5.41) is 9.65. The molecule has 19 heavy (non-hydrogen) atoms. The van der Waals surface area contributed by atoms with Crippen LogP contribution < -0.4 is 0 Å². The Morgan fingerprint density at radius 1 is 1.47 bits per heavy atom. The summed E-state index contributed by atoms with van der Waals surface area (Å²) in [6.45, 7) is 0.306.